The van der Waals surface area contributed by atoms with Crippen LogP contribution in [0.1, 0.15) is 11.6 Å². The first-order chi connectivity index (χ1) is 6.20. The fraction of sp³-hybridized carbons (Fsp3) is 0.333. The van der Waals surface area contributed by atoms with Crippen molar-refractivity contribution in [3.63, 3.8) is 0 Å². The molecule has 0 aliphatic rings. The summed E-state index contributed by atoms with van der Waals surface area (Å²) in [6, 6.07) is 4.61. The summed E-state index contributed by atoms with van der Waals surface area (Å²) in [4.78, 5) is 0. The zero-order valence-electron chi connectivity index (χ0n) is 7.53. The maximum atomic E-state index is 9.51. The molecule has 5 N–H and O–H groups in total. The highest BCUT2D eigenvalue weighted by Gasteiger charge is 2.14. The summed E-state index contributed by atoms with van der Waals surface area (Å²) in [5.41, 5.74) is 11.7. The number of ether oxygens (including phenoxy) is 1. The van der Waals surface area contributed by atoms with E-state index in [9.17, 15) is 5.11 Å². The summed E-state index contributed by atoms with van der Waals surface area (Å²) in [7, 11) is 1.53. The van der Waals surface area contributed by atoms with Crippen molar-refractivity contribution in [1.82, 2.24) is 0 Å². The molecule has 0 fully saturated rings. The maximum Gasteiger partial charge on any atom is 0.127 e. The van der Waals surface area contributed by atoms with Crippen LogP contribution >= 0.6 is 0 Å². The standard InChI is InChI=1S/C9H14N2O2/c1-13-8-4-2-3-7(12)9(8)6(11)5-10/h2-4,6,12H,5,10-11H2,1H3/t6-/m0/s1. The van der Waals surface area contributed by atoms with Gasteiger partial charge in [-0.1, -0.05) is 6.07 Å². The topological polar surface area (TPSA) is 81.5 Å². The number of methoxy groups -OCH3 is 1. The lowest BCUT2D eigenvalue weighted by Crippen LogP contribution is -2.21. The zero-order chi connectivity index (χ0) is 9.84. The van der Waals surface area contributed by atoms with Crippen molar-refractivity contribution in [3.8, 4) is 11.5 Å². The van der Waals surface area contributed by atoms with E-state index in [-0.39, 0.29) is 12.3 Å². The van der Waals surface area contributed by atoms with Gasteiger partial charge in [-0.25, -0.2) is 0 Å². The van der Waals surface area contributed by atoms with Crippen molar-refractivity contribution in [1.29, 1.82) is 0 Å². The first-order valence-electron chi connectivity index (χ1n) is 4.02. The summed E-state index contributed by atoms with van der Waals surface area (Å²) < 4.78 is 5.05. The van der Waals surface area contributed by atoms with Crippen molar-refractivity contribution in [2.45, 2.75) is 6.04 Å². The van der Waals surface area contributed by atoms with Gasteiger partial charge in [0, 0.05) is 12.6 Å². The molecule has 0 radical (unpaired) electrons. The monoisotopic (exact) mass is 182 g/mol. The van der Waals surface area contributed by atoms with Gasteiger partial charge in [-0.15, -0.1) is 0 Å². The van der Waals surface area contributed by atoms with Gasteiger partial charge in [-0.2, -0.15) is 0 Å². The van der Waals surface area contributed by atoms with Crippen molar-refractivity contribution >= 4 is 0 Å². The Bertz CT molecular complexity index is 289. The highest BCUT2D eigenvalue weighted by atomic mass is 16.5. The van der Waals surface area contributed by atoms with Crippen LogP contribution in [0.25, 0.3) is 0 Å². The summed E-state index contributed by atoms with van der Waals surface area (Å²) in [5.74, 6) is 0.690. The van der Waals surface area contributed by atoms with Gasteiger partial charge in [0.25, 0.3) is 0 Å². The molecule has 72 valence electrons. The predicted molar refractivity (Wildman–Crippen MR) is 50.6 cm³/mol. The number of hydrogen-bond donors (Lipinski definition) is 3. The van der Waals surface area contributed by atoms with Crippen LogP contribution in [0.2, 0.25) is 0 Å². The average Bonchev–Trinajstić information content (AvgIpc) is 2.16. The van der Waals surface area contributed by atoms with Crippen molar-refractivity contribution in [2.75, 3.05) is 13.7 Å². The van der Waals surface area contributed by atoms with E-state index in [0.717, 1.165) is 0 Å². The molecular formula is C9H14N2O2. The summed E-state index contributed by atoms with van der Waals surface area (Å²) in [6.07, 6.45) is 0. The quantitative estimate of drug-likeness (QED) is 0.630. The SMILES string of the molecule is COc1cccc(O)c1[C@@H](N)CN. The van der Waals surface area contributed by atoms with E-state index in [2.05, 4.69) is 0 Å². The van der Waals surface area contributed by atoms with Gasteiger partial charge in [0.2, 0.25) is 0 Å². The molecule has 0 aromatic heterocycles. The molecule has 0 spiro atoms. The first-order valence-corrected chi connectivity index (χ1v) is 4.02. The summed E-state index contributed by atoms with van der Waals surface area (Å²) in [5, 5.41) is 9.51. The number of phenols is 1. The highest BCUT2D eigenvalue weighted by Crippen LogP contribution is 2.31. The molecule has 4 heteroatoms. The van der Waals surface area contributed by atoms with E-state index < -0.39 is 6.04 Å². The third kappa shape index (κ3) is 1.91. The van der Waals surface area contributed by atoms with Gasteiger partial charge in [-0.05, 0) is 12.1 Å². The van der Waals surface area contributed by atoms with E-state index >= 15 is 0 Å². The molecule has 0 aliphatic heterocycles. The lowest BCUT2D eigenvalue weighted by Gasteiger charge is -2.14. The minimum absolute atomic E-state index is 0.123. The Balaban J connectivity index is 3.14. The molecule has 13 heavy (non-hydrogen) atoms. The molecular weight excluding hydrogens is 168 g/mol. The molecule has 1 atom stereocenters. The molecule has 0 aliphatic carbocycles. The summed E-state index contributed by atoms with van der Waals surface area (Å²) >= 11 is 0. The van der Waals surface area contributed by atoms with E-state index in [0.29, 0.717) is 11.3 Å². The maximum absolute atomic E-state index is 9.51. The second-order valence-electron chi connectivity index (χ2n) is 2.74. The predicted octanol–water partition coefficient (Wildman–Crippen LogP) is 0.359. The van der Waals surface area contributed by atoms with E-state index in [4.69, 9.17) is 16.2 Å². The van der Waals surface area contributed by atoms with Gasteiger partial charge >= 0.3 is 0 Å². The lowest BCUT2D eigenvalue weighted by molar-refractivity contribution is 0.394. The van der Waals surface area contributed by atoms with Crippen LogP contribution in [0.15, 0.2) is 18.2 Å². The average molecular weight is 182 g/mol. The minimum Gasteiger partial charge on any atom is -0.507 e. The second-order valence-corrected chi connectivity index (χ2v) is 2.74. The number of rotatable bonds is 3. The highest BCUT2D eigenvalue weighted by molar-refractivity contribution is 5.46. The molecule has 4 nitrogen and oxygen atoms in total. The van der Waals surface area contributed by atoms with Gasteiger partial charge in [0.05, 0.1) is 12.7 Å². The number of benzene rings is 1. The van der Waals surface area contributed by atoms with Crippen LogP contribution in [0.4, 0.5) is 0 Å². The molecule has 0 saturated carbocycles. The molecule has 0 saturated heterocycles. The number of aromatic hydroxyl groups is 1. The van der Waals surface area contributed by atoms with Crippen LogP contribution < -0.4 is 16.2 Å². The van der Waals surface area contributed by atoms with E-state index in [1.807, 2.05) is 0 Å². The van der Waals surface area contributed by atoms with E-state index in [1.54, 1.807) is 18.2 Å². The molecule has 0 bridgehead atoms. The smallest absolute Gasteiger partial charge is 0.127 e. The van der Waals surface area contributed by atoms with Crippen LogP contribution in [-0.2, 0) is 0 Å². The van der Waals surface area contributed by atoms with Gasteiger partial charge < -0.3 is 21.3 Å². The van der Waals surface area contributed by atoms with Gasteiger partial charge in [0.15, 0.2) is 0 Å². The molecule has 0 amide bonds. The molecule has 1 rings (SSSR count). The van der Waals surface area contributed by atoms with Crippen LogP contribution in [-0.4, -0.2) is 18.8 Å². The molecule has 0 heterocycles. The zero-order valence-corrected chi connectivity index (χ0v) is 7.53. The van der Waals surface area contributed by atoms with Crippen LogP contribution in [0.5, 0.6) is 11.5 Å². The summed E-state index contributed by atoms with van der Waals surface area (Å²) in [6.45, 7) is 0.272. The Morgan fingerprint density at radius 1 is 1.54 bits per heavy atom. The molecule has 1 aromatic carbocycles. The fourth-order valence-electron chi connectivity index (χ4n) is 1.20. The van der Waals surface area contributed by atoms with Crippen LogP contribution in [0, 0.1) is 0 Å². The third-order valence-electron chi connectivity index (χ3n) is 1.89. The molecule has 1 aromatic rings. The number of phenolic OH excluding ortho intramolecular Hbond substituents is 1. The minimum atomic E-state index is -0.392. The van der Waals surface area contributed by atoms with Gasteiger partial charge in [0.1, 0.15) is 11.5 Å². The van der Waals surface area contributed by atoms with Crippen molar-refractivity contribution in [2.24, 2.45) is 11.5 Å². The van der Waals surface area contributed by atoms with Crippen molar-refractivity contribution < 1.29 is 9.84 Å². The Morgan fingerprint density at radius 3 is 2.77 bits per heavy atom. The van der Waals surface area contributed by atoms with Crippen molar-refractivity contribution in [3.05, 3.63) is 23.8 Å². The third-order valence-corrected chi connectivity index (χ3v) is 1.89. The van der Waals surface area contributed by atoms with E-state index in [1.165, 1.54) is 7.11 Å². The lowest BCUT2D eigenvalue weighted by atomic mass is 10.1. The Hall–Kier alpha value is -1.26. The Kier molecular flexibility index (Phi) is 3.11. The Labute approximate surface area is 77.1 Å². The normalized spacial score (nSPS) is 12.5. The molecule has 0 unspecified atom stereocenters. The Morgan fingerprint density at radius 2 is 2.23 bits per heavy atom. The first kappa shape index (κ1) is 9.83. The fourth-order valence-corrected chi connectivity index (χ4v) is 1.20. The second kappa shape index (κ2) is 4.11. The largest absolute Gasteiger partial charge is 0.507 e. The number of nitrogens with two attached hydrogens (primary N) is 2. The van der Waals surface area contributed by atoms with Gasteiger partial charge in [-0.3, -0.25) is 0 Å². The van der Waals surface area contributed by atoms with Crippen LogP contribution in [0.3, 0.4) is 0 Å². The number of hydrogen-bond acceptors (Lipinski definition) is 4.